The van der Waals surface area contributed by atoms with Gasteiger partial charge in [-0.2, -0.15) is 0 Å². The maximum absolute atomic E-state index is 13.6. The summed E-state index contributed by atoms with van der Waals surface area (Å²) in [6, 6.07) is 22.3. The van der Waals surface area contributed by atoms with Crippen LogP contribution in [0, 0.1) is 13.8 Å². The van der Waals surface area contributed by atoms with Crippen molar-refractivity contribution < 1.29 is 9.59 Å². The van der Waals surface area contributed by atoms with Crippen LogP contribution in [0.4, 0.5) is 0 Å². The van der Waals surface area contributed by atoms with Gasteiger partial charge in [-0.15, -0.1) is 0 Å². The van der Waals surface area contributed by atoms with Crippen molar-refractivity contribution in [3.63, 3.8) is 0 Å². The standard InChI is InChI=1S/C29H35N3O2/c1-21(2)32-22(3)19-26(23(32)4)27(33)20-30-15-17-31(18-16-30)29(34)28(24-11-7-5-8-12-24)25-13-9-6-10-14-25/h5-14,19,21,28H,15-18,20H2,1-4H3. The number of rotatable bonds is 7. The van der Waals surface area contributed by atoms with Crippen LogP contribution in [-0.4, -0.2) is 58.8 Å². The molecule has 0 aliphatic carbocycles. The highest BCUT2D eigenvalue weighted by atomic mass is 16.2. The van der Waals surface area contributed by atoms with Crippen LogP contribution in [0.25, 0.3) is 0 Å². The first kappa shape index (κ1) is 24.0. The van der Waals surface area contributed by atoms with E-state index in [1.54, 1.807) is 0 Å². The van der Waals surface area contributed by atoms with E-state index in [9.17, 15) is 9.59 Å². The molecule has 2 heterocycles. The Morgan fingerprint density at radius 2 is 1.35 bits per heavy atom. The fourth-order valence-corrected chi connectivity index (χ4v) is 5.22. The molecule has 0 N–H and O–H groups in total. The highest BCUT2D eigenvalue weighted by Gasteiger charge is 2.30. The van der Waals surface area contributed by atoms with E-state index in [0.717, 1.165) is 28.1 Å². The fraction of sp³-hybridized carbons (Fsp3) is 0.379. The summed E-state index contributed by atoms with van der Waals surface area (Å²) in [4.78, 5) is 30.8. The van der Waals surface area contributed by atoms with Crippen LogP contribution < -0.4 is 0 Å². The molecule has 178 valence electrons. The first-order chi connectivity index (χ1) is 16.4. The fourth-order valence-electron chi connectivity index (χ4n) is 5.22. The maximum atomic E-state index is 13.6. The number of ketones is 1. The molecule has 5 heteroatoms. The summed E-state index contributed by atoms with van der Waals surface area (Å²) in [7, 11) is 0. The van der Waals surface area contributed by atoms with Gasteiger partial charge in [0, 0.05) is 49.2 Å². The Morgan fingerprint density at radius 1 is 0.824 bits per heavy atom. The van der Waals surface area contributed by atoms with Crippen LogP contribution >= 0.6 is 0 Å². The van der Waals surface area contributed by atoms with E-state index < -0.39 is 0 Å². The second-order valence-electron chi connectivity index (χ2n) is 9.53. The highest BCUT2D eigenvalue weighted by molar-refractivity contribution is 5.99. The summed E-state index contributed by atoms with van der Waals surface area (Å²) in [5.41, 5.74) is 5.01. The van der Waals surface area contributed by atoms with Gasteiger partial charge in [0.15, 0.2) is 5.78 Å². The molecule has 0 saturated carbocycles. The minimum Gasteiger partial charge on any atom is -0.346 e. The number of hydrogen-bond acceptors (Lipinski definition) is 3. The van der Waals surface area contributed by atoms with Gasteiger partial charge in [-0.05, 0) is 44.9 Å². The first-order valence-electron chi connectivity index (χ1n) is 12.2. The van der Waals surface area contributed by atoms with Crippen LogP contribution in [0.1, 0.15) is 58.7 Å². The Morgan fingerprint density at radius 3 is 1.82 bits per heavy atom. The molecule has 1 aliphatic heterocycles. The second-order valence-corrected chi connectivity index (χ2v) is 9.53. The lowest BCUT2D eigenvalue weighted by atomic mass is 9.90. The van der Waals surface area contributed by atoms with Crippen molar-refractivity contribution in [1.82, 2.24) is 14.4 Å². The summed E-state index contributed by atoms with van der Waals surface area (Å²) >= 11 is 0. The van der Waals surface area contributed by atoms with Gasteiger partial charge < -0.3 is 9.47 Å². The van der Waals surface area contributed by atoms with Crippen LogP contribution in [0.15, 0.2) is 66.7 Å². The van der Waals surface area contributed by atoms with E-state index in [0.29, 0.717) is 38.8 Å². The van der Waals surface area contributed by atoms with Gasteiger partial charge >= 0.3 is 0 Å². The topological polar surface area (TPSA) is 45.6 Å². The molecule has 0 unspecified atom stereocenters. The van der Waals surface area contributed by atoms with Crippen molar-refractivity contribution in [3.05, 3.63) is 94.8 Å². The zero-order valence-corrected chi connectivity index (χ0v) is 20.7. The number of piperazine rings is 1. The molecule has 2 aromatic carbocycles. The molecule has 5 nitrogen and oxygen atoms in total. The van der Waals surface area contributed by atoms with Crippen molar-refractivity contribution in [1.29, 1.82) is 0 Å². The molecule has 3 aromatic rings. The molecule has 0 bridgehead atoms. The number of hydrogen-bond donors (Lipinski definition) is 0. The zero-order valence-electron chi connectivity index (χ0n) is 20.7. The number of benzene rings is 2. The van der Waals surface area contributed by atoms with E-state index in [1.165, 1.54) is 0 Å². The first-order valence-corrected chi connectivity index (χ1v) is 12.2. The van der Waals surface area contributed by atoms with E-state index in [-0.39, 0.29) is 17.6 Å². The Labute approximate surface area is 203 Å². The average Bonchev–Trinajstić information content (AvgIpc) is 3.15. The van der Waals surface area contributed by atoms with Crippen molar-refractivity contribution in [2.75, 3.05) is 32.7 Å². The molecule has 1 saturated heterocycles. The van der Waals surface area contributed by atoms with Gasteiger partial charge in [0.1, 0.15) is 0 Å². The highest BCUT2D eigenvalue weighted by Crippen LogP contribution is 2.27. The predicted octanol–water partition coefficient (Wildman–Crippen LogP) is 4.84. The van der Waals surface area contributed by atoms with Crippen LogP contribution in [0.5, 0.6) is 0 Å². The SMILES string of the molecule is Cc1cc(C(=O)CN2CCN(C(=O)C(c3ccccc3)c3ccccc3)CC2)c(C)n1C(C)C. The van der Waals surface area contributed by atoms with Gasteiger partial charge in [-0.3, -0.25) is 14.5 Å². The summed E-state index contributed by atoms with van der Waals surface area (Å²) in [6.45, 7) is 11.4. The smallest absolute Gasteiger partial charge is 0.234 e. The Balaban J connectivity index is 1.42. The summed E-state index contributed by atoms with van der Waals surface area (Å²) < 4.78 is 2.22. The molecule has 0 atom stereocenters. The lowest BCUT2D eigenvalue weighted by Gasteiger charge is -2.36. The van der Waals surface area contributed by atoms with Gasteiger partial charge in [-0.25, -0.2) is 0 Å². The number of Topliss-reactive ketones (excluding diaryl/α,β-unsaturated/α-hetero) is 1. The number of amides is 1. The van der Waals surface area contributed by atoms with Gasteiger partial charge in [0.25, 0.3) is 0 Å². The van der Waals surface area contributed by atoms with E-state index in [1.807, 2.05) is 78.6 Å². The molecule has 4 rings (SSSR count). The average molecular weight is 458 g/mol. The molecular weight excluding hydrogens is 422 g/mol. The van der Waals surface area contributed by atoms with Gasteiger partial charge in [0.2, 0.25) is 5.91 Å². The minimum absolute atomic E-state index is 0.129. The molecule has 1 fully saturated rings. The molecule has 34 heavy (non-hydrogen) atoms. The van der Waals surface area contributed by atoms with Crippen molar-refractivity contribution in [3.8, 4) is 0 Å². The quantitative estimate of drug-likeness (QED) is 0.477. The predicted molar refractivity (Wildman–Crippen MR) is 136 cm³/mol. The summed E-state index contributed by atoms with van der Waals surface area (Å²) in [6.07, 6.45) is 0. The summed E-state index contributed by atoms with van der Waals surface area (Å²) in [5, 5.41) is 0. The Hall–Kier alpha value is -3.18. The monoisotopic (exact) mass is 457 g/mol. The number of aromatic nitrogens is 1. The van der Waals surface area contributed by atoms with Crippen molar-refractivity contribution >= 4 is 11.7 Å². The normalized spacial score (nSPS) is 14.7. The Kier molecular flexibility index (Phi) is 7.32. The van der Waals surface area contributed by atoms with Crippen molar-refractivity contribution in [2.45, 2.75) is 39.7 Å². The Bertz CT molecular complexity index is 1090. The second kappa shape index (κ2) is 10.4. The molecule has 0 radical (unpaired) electrons. The van der Waals surface area contributed by atoms with Crippen molar-refractivity contribution in [2.24, 2.45) is 0 Å². The molecule has 1 aromatic heterocycles. The molecular formula is C29H35N3O2. The molecule has 1 aliphatic rings. The molecule has 1 amide bonds. The van der Waals surface area contributed by atoms with Crippen LogP contribution in [0.2, 0.25) is 0 Å². The lowest BCUT2D eigenvalue weighted by Crippen LogP contribution is -2.51. The van der Waals surface area contributed by atoms with Gasteiger partial charge in [-0.1, -0.05) is 60.7 Å². The van der Waals surface area contributed by atoms with E-state index >= 15 is 0 Å². The number of nitrogens with zero attached hydrogens (tertiary/aromatic N) is 3. The summed E-state index contributed by atoms with van der Waals surface area (Å²) in [5.74, 6) is -0.0212. The third kappa shape index (κ3) is 5.00. The third-order valence-corrected chi connectivity index (χ3v) is 6.87. The minimum atomic E-state index is -0.308. The van der Waals surface area contributed by atoms with Crippen LogP contribution in [-0.2, 0) is 4.79 Å². The lowest BCUT2D eigenvalue weighted by molar-refractivity contribution is -0.133. The van der Waals surface area contributed by atoms with E-state index in [2.05, 4.69) is 30.2 Å². The number of carbonyl (C=O) groups is 2. The van der Waals surface area contributed by atoms with Crippen LogP contribution in [0.3, 0.4) is 0 Å². The third-order valence-electron chi connectivity index (χ3n) is 6.87. The number of carbonyl (C=O) groups excluding carboxylic acids is 2. The van der Waals surface area contributed by atoms with E-state index in [4.69, 9.17) is 0 Å². The maximum Gasteiger partial charge on any atom is 0.234 e. The largest absolute Gasteiger partial charge is 0.346 e. The van der Waals surface area contributed by atoms with Gasteiger partial charge in [0.05, 0.1) is 12.5 Å². The zero-order chi connectivity index (χ0) is 24.2. The molecule has 0 spiro atoms. The number of aryl methyl sites for hydroxylation is 1.